The highest BCUT2D eigenvalue weighted by Crippen LogP contribution is 2.44. The Labute approximate surface area is 208 Å². The molecule has 1 heteroatoms. The Morgan fingerprint density at radius 3 is 1.15 bits per heavy atom. The monoisotopic (exact) mass is 464 g/mol. The van der Waals surface area contributed by atoms with E-state index in [9.17, 15) is 0 Å². The number of aryl methyl sites for hydroxylation is 6. The van der Waals surface area contributed by atoms with Gasteiger partial charge in [0.15, 0.2) is 8.07 Å². The summed E-state index contributed by atoms with van der Waals surface area (Å²) >= 11 is 0. The maximum absolute atomic E-state index is 2.51. The minimum atomic E-state index is -2.51. The van der Waals surface area contributed by atoms with E-state index >= 15 is 0 Å². The highest BCUT2D eigenvalue weighted by atomic mass is 28.3. The standard InChI is InChI=1S/C33H40Si/c1-22-13-23(2)17-28(16-22)34(29-18-24(3)14-25(4)19-29,30-20-26(5)15-27(6)21-30)32-12-10-11-31(32)33(7,8)9/h10-21,32H,1-9H3. The van der Waals surface area contributed by atoms with E-state index in [4.69, 9.17) is 0 Å². The fourth-order valence-corrected chi connectivity index (χ4v) is 12.4. The molecular formula is C33H40Si. The molecule has 0 bridgehead atoms. The molecule has 0 N–H and O–H groups in total. The summed E-state index contributed by atoms with van der Waals surface area (Å²) in [6.07, 6.45) is 7.24. The maximum Gasteiger partial charge on any atom is 0.159 e. The van der Waals surface area contributed by atoms with Crippen molar-refractivity contribution in [2.75, 3.05) is 0 Å². The molecule has 0 nitrogen and oxygen atoms in total. The second-order valence-corrected chi connectivity index (χ2v) is 15.6. The molecule has 0 aromatic heterocycles. The molecule has 0 saturated carbocycles. The zero-order valence-electron chi connectivity index (χ0n) is 22.5. The van der Waals surface area contributed by atoms with Crippen LogP contribution in [0.4, 0.5) is 0 Å². The van der Waals surface area contributed by atoms with Crippen LogP contribution in [0.2, 0.25) is 5.54 Å². The second kappa shape index (κ2) is 8.85. The molecule has 176 valence electrons. The molecule has 0 radical (unpaired) electrons. The normalized spacial score (nSPS) is 16.1. The summed E-state index contributed by atoms with van der Waals surface area (Å²) in [5.41, 5.74) is 10.1. The summed E-state index contributed by atoms with van der Waals surface area (Å²) in [7, 11) is -2.51. The van der Waals surface area contributed by atoms with Gasteiger partial charge in [-0.05, 0) is 62.5 Å². The fourth-order valence-electron chi connectivity index (χ4n) is 6.22. The summed E-state index contributed by atoms with van der Waals surface area (Å²) in [6, 6.07) is 21.9. The van der Waals surface area contributed by atoms with E-state index in [1.807, 2.05) is 0 Å². The zero-order chi connectivity index (χ0) is 24.8. The molecule has 0 amide bonds. The minimum Gasteiger partial charge on any atom is -0.0790 e. The molecular weight excluding hydrogens is 424 g/mol. The first-order valence-electron chi connectivity index (χ1n) is 12.6. The van der Waals surface area contributed by atoms with E-state index in [0.29, 0.717) is 5.54 Å². The van der Waals surface area contributed by atoms with Gasteiger partial charge in [0.2, 0.25) is 0 Å². The van der Waals surface area contributed by atoms with Crippen molar-refractivity contribution in [1.29, 1.82) is 0 Å². The molecule has 1 aliphatic carbocycles. The molecule has 4 rings (SSSR count). The number of hydrogen-bond donors (Lipinski definition) is 0. The summed E-state index contributed by atoms with van der Waals surface area (Å²) in [5, 5.41) is 4.56. The third-order valence-corrected chi connectivity index (χ3v) is 12.3. The molecule has 0 spiro atoms. The van der Waals surface area contributed by atoms with Crippen molar-refractivity contribution in [3.05, 3.63) is 112 Å². The van der Waals surface area contributed by atoms with Crippen LogP contribution >= 0.6 is 0 Å². The SMILES string of the molecule is Cc1cc(C)cc([Si](c2cc(C)cc(C)c2)(c2cc(C)cc(C)c2)C2C=CC=C2C(C)(C)C)c1. The van der Waals surface area contributed by atoms with E-state index in [0.717, 1.165) is 0 Å². The molecule has 0 aliphatic heterocycles. The van der Waals surface area contributed by atoms with Crippen LogP contribution in [0.1, 0.15) is 54.2 Å². The lowest BCUT2D eigenvalue weighted by molar-refractivity contribution is 0.495. The van der Waals surface area contributed by atoms with E-state index in [2.05, 4.69) is 135 Å². The van der Waals surface area contributed by atoms with Gasteiger partial charge in [0.05, 0.1) is 0 Å². The van der Waals surface area contributed by atoms with Crippen molar-refractivity contribution < 1.29 is 0 Å². The van der Waals surface area contributed by atoms with Gasteiger partial charge in [-0.25, -0.2) is 0 Å². The molecule has 1 unspecified atom stereocenters. The van der Waals surface area contributed by atoms with Crippen molar-refractivity contribution in [1.82, 2.24) is 0 Å². The van der Waals surface area contributed by atoms with Crippen LogP contribution in [-0.2, 0) is 0 Å². The lowest BCUT2D eigenvalue weighted by Gasteiger charge is -2.43. The number of allylic oxidation sites excluding steroid dienone is 4. The third kappa shape index (κ3) is 4.39. The Morgan fingerprint density at radius 2 is 0.853 bits per heavy atom. The van der Waals surface area contributed by atoms with Crippen molar-refractivity contribution in [2.24, 2.45) is 5.41 Å². The van der Waals surface area contributed by atoms with Gasteiger partial charge in [0.25, 0.3) is 0 Å². The van der Waals surface area contributed by atoms with Gasteiger partial charge in [-0.2, -0.15) is 0 Å². The smallest absolute Gasteiger partial charge is 0.0790 e. The molecule has 3 aromatic rings. The molecule has 0 saturated heterocycles. The van der Waals surface area contributed by atoms with Crippen LogP contribution in [0.5, 0.6) is 0 Å². The van der Waals surface area contributed by atoms with E-state index < -0.39 is 8.07 Å². The van der Waals surface area contributed by atoms with Crippen LogP contribution in [0.3, 0.4) is 0 Å². The third-order valence-electron chi connectivity index (χ3n) is 7.28. The fraction of sp³-hybridized carbons (Fsp3) is 0.333. The number of hydrogen-bond acceptors (Lipinski definition) is 0. The van der Waals surface area contributed by atoms with Crippen LogP contribution in [0.25, 0.3) is 0 Å². The highest BCUT2D eigenvalue weighted by molar-refractivity contribution is 7.13. The lowest BCUT2D eigenvalue weighted by atomic mass is 9.85. The number of rotatable bonds is 4. The topological polar surface area (TPSA) is 0 Å². The van der Waals surface area contributed by atoms with Gasteiger partial charge in [-0.1, -0.05) is 133 Å². The Morgan fingerprint density at radius 1 is 0.529 bits per heavy atom. The van der Waals surface area contributed by atoms with E-state index in [1.165, 1.54) is 48.9 Å². The van der Waals surface area contributed by atoms with E-state index in [1.54, 1.807) is 5.57 Å². The largest absolute Gasteiger partial charge is 0.159 e. The Kier molecular flexibility index (Phi) is 6.38. The van der Waals surface area contributed by atoms with Gasteiger partial charge >= 0.3 is 0 Å². The van der Waals surface area contributed by atoms with Gasteiger partial charge < -0.3 is 0 Å². The van der Waals surface area contributed by atoms with Gasteiger partial charge in [0, 0.05) is 5.54 Å². The first-order valence-corrected chi connectivity index (χ1v) is 14.6. The first-order chi connectivity index (χ1) is 15.9. The summed E-state index contributed by atoms with van der Waals surface area (Å²) in [4.78, 5) is 0. The highest BCUT2D eigenvalue weighted by Gasteiger charge is 2.49. The zero-order valence-corrected chi connectivity index (χ0v) is 23.5. The maximum atomic E-state index is 2.51. The molecule has 1 atom stereocenters. The van der Waals surface area contributed by atoms with Crippen molar-refractivity contribution in [3.8, 4) is 0 Å². The van der Waals surface area contributed by atoms with Crippen molar-refractivity contribution >= 4 is 23.6 Å². The average molecular weight is 465 g/mol. The molecule has 0 heterocycles. The van der Waals surface area contributed by atoms with Gasteiger partial charge in [-0.3, -0.25) is 0 Å². The predicted octanol–water partition coefficient (Wildman–Crippen LogP) is 6.92. The second-order valence-electron chi connectivity index (χ2n) is 11.7. The summed E-state index contributed by atoms with van der Waals surface area (Å²) in [6.45, 7) is 20.7. The quantitative estimate of drug-likeness (QED) is 0.290. The first kappa shape index (κ1) is 24.5. The van der Waals surface area contributed by atoms with Gasteiger partial charge in [0.1, 0.15) is 0 Å². The molecule has 34 heavy (non-hydrogen) atoms. The van der Waals surface area contributed by atoms with Crippen LogP contribution in [-0.4, -0.2) is 8.07 Å². The summed E-state index contributed by atoms with van der Waals surface area (Å²) in [5.74, 6) is 0. The molecule has 1 aliphatic rings. The number of benzene rings is 3. The average Bonchev–Trinajstić information content (AvgIpc) is 3.17. The minimum absolute atomic E-state index is 0.100. The van der Waals surface area contributed by atoms with Gasteiger partial charge in [-0.15, -0.1) is 0 Å². The lowest BCUT2D eigenvalue weighted by Crippen LogP contribution is -2.70. The van der Waals surface area contributed by atoms with Crippen LogP contribution in [0, 0.1) is 47.0 Å². The summed E-state index contributed by atoms with van der Waals surface area (Å²) < 4.78 is 0. The Balaban J connectivity index is 2.22. The van der Waals surface area contributed by atoms with Crippen molar-refractivity contribution in [3.63, 3.8) is 0 Å². The predicted molar refractivity (Wildman–Crippen MR) is 153 cm³/mol. The van der Waals surface area contributed by atoms with Crippen molar-refractivity contribution in [2.45, 2.75) is 67.9 Å². The Bertz CT molecular complexity index is 1110. The van der Waals surface area contributed by atoms with Crippen LogP contribution < -0.4 is 15.6 Å². The molecule has 0 fully saturated rings. The Hall–Kier alpha value is -2.64. The molecule has 3 aromatic carbocycles. The van der Waals surface area contributed by atoms with E-state index in [-0.39, 0.29) is 5.41 Å². The van der Waals surface area contributed by atoms with Crippen LogP contribution in [0.15, 0.2) is 78.4 Å².